The molecule has 33 heavy (non-hydrogen) atoms. The van der Waals surface area contributed by atoms with E-state index >= 15 is 0 Å². The Morgan fingerprint density at radius 2 is 1.64 bits per heavy atom. The maximum Gasteiger partial charge on any atom is 0.261 e. The number of benzene rings is 2. The van der Waals surface area contributed by atoms with Crippen molar-refractivity contribution in [1.29, 1.82) is 0 Å². The van der Waals surface area contributed by atoms with Crippen molar-refractivity contribution in [3.05, 3.63) is 65.5 Å². The van der Waals surface area contributed by atoms with Gasteiger partial charge in [-0.2, -0.15) is 0 Å². The first kappa shape index (κ1) is 24.7. The van der Waals surface area contributed by atoms with Gasteiger partial charge in [0.2, 0.25) is 5.91 Å². The Morgan fingerprint density at radius 1 is 1.00 bits per heavy atom. The highest BCUT2D eigenvalue weighted by atomic mass is 19.1. The third-order valence-electron chi connectivity index (χ3n) is 6.29. The van der Waals surface area contributed by atoms with E-state index < -0.39 is 6.04 Å². The number of halogens is 1. The van der Waals surface area contributed by atoms with Crippen LogP contribution in [0, 0.1) is 5.82 Å². The van der Waals surface area contributed by atoms with E-state index in [0.717, 1.165) is 31.2 Å². The van der Waals surface area contributed by atoms with Crippen LogP contribution in [-0.2, 0) is 16.1 Å². The zero-order valence-corrected chi connectivity index (χ0v) is 19.9. The first-order chi connectivity index (χ1) is 15.8. The Hall–Kier alpha value is -2.89. The highest BCUT2D eigenvalue weighted by Gasteiger charge is 2.28. The number of rotatable bonds is 9. The van der Waals surface area contributed by atoms with Gasteiger partial charge in [-0.1, -0.05) is 57.4 Å². The van der Waals surface area contributed by atoms with E-state index in [1.54, 1.807) is 19.1 Å². The molecule has 0 unspecified atom stereocenters. The van der Waals surface area contributed by atoms with Crippen molar-refractivity contribution in [3.8, 4) is 5.75 Å². The molecule has 1 atom stereocenters. The molecule has 1 N–H and O–H groups in total. The standard InChI is InChI=1S/C27H35FN2O3/c1-19(2)22-11-15-25(16-12-22)33-18-26(31)30(17-21-9-13-23(28)14-10-21)20(3)27(32)29-24-7-5-4-6-8-24/h9-16,19-20,24H,4-8,17-18H2,1-3H3,(H,29,32)/t20-/m0/s1. The van der Waals surface area contributed by atoms with Crippen LogP contribution >= 0.6 is 0 Å². The molecule has 178 valence electrons. The maximum atomic E-state index is 13.4. The number of ether oxygens (including phenoxy) is 1. The number of nitrogens with one attached hydrogen (secondary N) is 1. The summed E-state index contributed by atoms with van der Waals surface area (Å²) in [6.45, 7) is 5.99. The summed E-state index contributed by atoms with van der Waals surface area (Å²) >= 11 is 0. The average Bonchev–Trinajstić information content (AvgIpc) is 2.82. The second-order valence-corrected chi connectivity index (χ2v) is 9.18. The fraction of sp³-hybridized carbons (Fsp3) is 0.481. The van der Waals surface area contributed by atoms with Gasteiger partial charge in [-0.15, -0.1) is 0 Å². The van der Waals surface area contributed by atoms with Crippen molar-refractivity contribution in [2.45, 2.75) is 77.4 Å². The molecule has 1 fully saturated rings. The zero-order valence-electron chi connectivity index (χ0n) is 19.9. The van der Waals surface area contributed by atoms with Crippen molar-refractivity contribution in [2.24, 2.45) is 0 Å². The lowest BCUT2D eigenvalue weighted by Gasteiger charge is -2.31. The molecular formula is C27H35FN2O3. The van der Waals surface area contributed by atoms with Crippen molar-refractivity contribution in [2.75, 3.05) is 6.61 Å². The molecule has 2 amide bonds. The van der Waals surface area contributed by atoms with E-state index in [1.807, 2.05) is 24.3 Å². The van der Waals surface area contributed by atoms with Gasteiger partial charge < -0.3 is 15.0 Å². The van der Waals surface area contributed by atoms with Crippen molar-refractivity contribution in [1.82, 2.24) is 10.2 Å². The monoisotopic (exact) mass is 454 g/mol. The molecule has 6 heteroatoms. The molecule has 0 aromatic heterocycles. The lowest BCUT2D eigenvalue weighted by Crippen LogP contribution is -2.51. The Morgan fingerprint density at radius 3 is 2.24 bits per heavy atom. The van der Waals surface area contributed by atoms with Gasteiger partial charge in [0.25, 0.3) is 5.91 Å². The number of carbonyl (C=O) groups is 2. The summed E-state index contributed by atoms with van der Waals surface area (Å²) in [5.41, 5.74) is 1.95. The third kappa shape index (κ3) is 7.31. The summed E-state index contributed by atoms with van der Waals surface area (Å²) in [5, 5.41) is 3.11. The van der Waals surface area contributed by atoms with E-state index in [2.05, 4.69) is 19.2 Å². The molecule has 0 spiro atoms. The fourth-order valence-electron chi connectivity index (χ4n) is 4.11. The summed E-state index contributed by atoms with van der Waals surface area (Å²) in [5.74, 6) is 0.217. The predicted octanol–water partition coefficient (Wildman–Crippen LogP) is 5.19. The normalized spacial score (nSPS) is 15.2. The average molecular weight is 455 g/mol. The lowest BCUT2D eigenvalue weighted by atomic mass is 9.95. The van der Waals surface area contributed by atoms with Crippen LogP contribution in [0.3, 0.4) is 0 Å². The lowest BCUT2D eigenvalue weighted by molar-refractivity contribution is -0.142. The first-order valence-corrected chi connectivity index (χ1v) is 11.9. The minimum atomic E-state index is -0.670. The molecule has 0 heterocycles. The highest BCUT2D eigenvalue weighted by molar-refractivity contribution is 5.88. The molecule has 0 aliphatic heterocycles. The SMILES string of the molecule is CC(C)c1ccc(OCC(=O)N(Cc2ccc(F)cc2)[C@@H](C)C(=O)NC2CCCCC2)cc1. The Labute approximate surface area is 196 Å². The number of carbonyl (C=O) groups excluding carboxylic acids is 2. The smallest absolute Gasteiger partial charge is 0.261 e. The van der Waals surface area contributed by atoms with Gasteiger partial charge in [0.15, 0.2) is 6.61 Å². The van der Waals surface area contributed by atoms with Gasteiger partial charge >= 0.3 is 0 Å². The summed E-state index contributed by atoms with van der Waals surface area (Å²) < 4.78 is 19.1. The molecule has 3 rings (SSSR count). The van der Waals surface area contributed by atoms with Crippen LogP contribution in [0.25, 0.3) is 0 Å². The highest BCUT2D eigenvalue weighted by Crippen LogP contribution is 2.20. The topological polar surface area (TPSA) is 58.6 Å². The van der Waals surface area contributed by atoms with E-state index in [1.165, 1.54) is 29.0 Å². The summed E-state index contributed by atoms with van der Waals surface area (Å²) in [6, 6.07) is 13.2. The van der Waals surface area contributed by atoms with Gasteiger partial charge in [0, 0.05) is 12.6 Å². The zero-order chi connectivity index (χ0) is 23.8. The van der Waals surface area contributed by atoms with Crippen LogP contribution in [0.1, 0.15) is 69.9 Å². The van der Waals surface area contributed by atoms with E-state index in [0.29, 0.717) is 11.7 Å². The molecule has 2 aromatic carbocycles. The minimum Gasteiger partial charge on any atom is -0.484 e. The van der Waals surface area contributed by atoms with Gasteiger partial charge in [-0.25, -0.2) is 4.39 Å². The van der Waals surface area contributed by atoms with Crippen LogP contribution < -0.4 is 10.1 Å². The fourth-order valence-corrected chi connectivity index (χ4v) is 4.11. The Kier molecular flexibility index (Phi) is 8.87. The Balaban J connectivity index is 1.68. The van der Waals surface area contributed by atoms with Crippen LogP contribution in [0.2, 0.25) is 0 Å². The second kappa shape index (κ2) is 11.8. The maximum absolute atomic E-state index is 13.4. The molecule has 0 radical (unpaired) electrons. The molecule has 0 saturated heterocycles. The van der Waals surface area contributed by atoms with Crippen molar-refractivity contribution >= 4 is 11.8 Å². The quantitative estimate of drug-likeness (QED) is 0.567. The molecule has 5 nitrogen and oxygen atoms in total. The second-order valence-electron chi connectivity index (χ2n) is 9.18. The van der Waals surface area contributed by atoms with E-state index in [-0.39, 0.29) is 36.8 Å². The number of hydrogen-bond acceptors (Lipinski definition) is 3. The molecular weight excluding hydrogens is 419 g/mol. The van der Waals surface area contributed by atoms with Crippen LogP contribution in [-0.4, -0.2) is 35.4 Å². The van der Waals surface area contributed by atoms with E-state index in [9.17, 15) is 14.0 Å². The Bertz CT molecular complexity index is 906. The summed E-state index contributed by atoms with van der Waals surface area (Å²) in [6.07, 6.45) is 5.37. The van der Waals surface area contributed by atoms with E-state index in [4.69, 9.17) is 4.74 Å². The summed E-state index contributed by atoms with van der Waals surface area (Å²) in [7, 11) is 0. The molecule has 1 saturated carbocycles. The number of nitrogens with zero attached hydrogens (tertiary/aromatic N) is 1. The number of amides is 2. The van der Waals surface area contributed by atoms with Crippen molar-refractivity contribution < 1.29 is 18.7 Å². The molecule has 2 aromatic rings. The van der Waals surface area contributed by atoms with Gasteiger partial charge in [0.05, 0.1) is 0 Å². The molecule has 1 aliphatic carbocycles. The first-order valence-electron chi connectivity index (χ1n) is 11.9. The van der Waals surface area contributed by atoms with Gasteiger partial charge in [0.1, 0.15) is 17.6 Å². The summed E-state index contributed by atoms with van der Waals surface area (Å²) in [4.78, 5) is 27.6. The largest absolute Gasteiger partial charge is 0.484 e. The number of hydrogen-bond donors (Lipinski definition) is 1. The molecule has 0 bridgehead atoms. The van der Waals surface area contributed by atoms with Crippen LogP contribution in [0.4, 0.5) is 4.39 Å². The third-order valence-corrected chi connectivity index (χ3v) is 6.29. The predicted molar refractivity (Wildman–Crippen MR) is 127 cm³/mol. The van der Waals surface area contributed by atoms with Crippen LogP contribution in [0.15, 0.2) is 48.5 Å². The van der Waals surface area contributed by atoms with Crippen LogP contribution in [0.5, 0.6) is 5.75 Å². The molecule has 1 aliphatic rings. The van der Waals surface area contributed by atoms with Crippen molar-refractivity contribution in [3.63, 3.8) is 0 Å². The minimum absolute atomic E-state index is 0.159. The van der Waals surface area contributed by atoms with Gasteiger partial charge in [-0.05, 0) is 61.1 Å². The van der Waals surface area contributed by atoms with Gasteiger partial charge in [-0.3, -0.25) is 9.59 Å².